The van der Waals surface area contributed by atoms with E-state index in [1.165, 1.54) is 0 Å². The average Bonchev–Trinajstić information content (AvgIpc) is 2.36. The van der Waals surface area contributed by atoms with E-state index >= 15 is 0 Å². The van der Waals surface area contributed by atoms with Gasteiger partial charge in [-0.2, -0.15) is 0 Å². The third-order valence-corrected chi connectivity index (χ3v) is 3.35. The van der Waals surface area contributed by atoms with Crippen LogP contribution in [0, 0.1) is 0 Å². The van der Waals surface area contributed by atoms with E-state index in [-0.39, 0.29) is 0 Å². The number of thioether (sulfide) groups is 1. The fourth-order valence-electron chi connectivity index (χ4n) is 1.60. The predicted octanol–water partition coefficient (Wildman–Crippen LogP) is 2.11. The monoisotopic (exact) mass is 271 g/mol. The second kappa shape index (κ2) is 6.51. The summed E-state index contributed by atoms with van der Waals surface area (Å²) in [7, 11) is 1.56. The first-order chi connectivity index (χ1) is 8.49. The highest BCUT2D eigenvalue weighted by Gasteiger charge is 2.19. The molecule has 0 aliphatic heterocycles. The van der Waals surface area contributed by atoms with Gasteiger partial charge in [-0.25, -0.2) is 4.79 Å². The molecule has 0 aliphatic rings. The van der Waals surface area contributed by atoms with Crippen LogP contribution in [-0.2, 0) is 0 Å². The van der Waals surface area contributed by atoms with Gasteiger partial charge in [-0.15, -0.1) is 11.8 Å². The summed E-state index contributed by atoms with van der Waals surface area (Å²) in [5, 5.41) is 20.9. The number of amides is 1. The van der Waals surface area contributed by atoms with E-state index in [4.69, 9.17) is 9.84 Å². The van der Waals surface area contributed by atoms with Gasteiger partial charge in [-0.1, -0.05) is 6.07 Å². The minimum Gasteiger partial charge on any atom is -0.496 e. The molecule has 0 bridgehead atoms. The quantitative estimate of drug-likeness (QED) is 0.715. The summed E-state index contributed by atoms with van der Waals surface area (Å²) in [6.45, 7) is 1.60. The molecular weight excluding hydrogens is 254 g/mol. The second-order valence-electron chi connectivity index (χ2n) is 3.80. The molecule has 100 valence electrons. The van der Waals surface area contributed by atoms with E-state index in [0.29, 0.717) is 11.3 Å². The summed E-state index contributed by atoms with van der Waals surface area (Å²) in [6, 6.07) is 4.73. The maximum absolute atomic E-state index is 10.5. The predicted molar refractivity (Wildman–Crippen MR) is 70.4 cm³/mol. The molecule has 0 fully saturated rings. The zero-order chi connectivity index (χ0) is 13.7. The molecule has 0 saturated carbocycles. The fourth-order valence-corrected chi connectivity index (χ4v) is 2.15. The van der Waals surface area contributed by atoms with Crippen molar-refractivity contribution < 1.29 is 19.7 Å². The molecule has 1 amide bonds. The van der Waals surface area contributed by atoms with Crippen LogP contribution < -0.4 is 10.1 Å². The van der Waals surface area contributed by atoms with Crippen molar-refractivity contribution in [3.63, 3.8) is 0 Å². The van der Waals surface area contributed by atoms with Gasteiger partial charge in [0.1, 0.15) is 5.75 Å². The Morgan fingerprint density at radius 2 is 2.17 bits per heavy atom. The minimum absolute atomic E-state index is 0.590. The SMILES string of the molecule is COc1cc([C@@H](O)C(C)NC(=O)O)ccc1SC. The topological polar surface area (TPSA) is 78.8 Å². The summed E-state index contributed by atoms with van der Waals surface area (Å²) in [5.41, 5.74) is 0.617. The van der Waals surface area contributed by atoms with Crippen LogP contribution >= 0.6 is 11.8 Å². The molecule has 0 spiro atoms. The number of ether oxygens (including phenoxy) is 1. The first-order valence-corrected chi connectivity index (χ1v) is 6.61. The Hall–Kier alpha value is -1.40. The van der Waals surface area contributed by atoms with Crippen LogP contribution in [0.4, 0.5) is 4.79 Å². The number of rotatable bonds is 5. The molecule has 1 aromatic rings. The summed E-state index contributed by atoms with van der Waals surface area (Å²) < 4.78 is 5.22. The molecule has 0 saturated heterocycles. The molecular formula is C12H17NO4S. The van der Waals surface area contributed by atoms with Gasteiger partial charge in [0, 0.05) is 4.90 Å². The van der Waals surface area contributed by atoms with E-state index in [1.54, 1.807) is 37.9 Å². The lowest BCUT2D eigenvalue weighted by Crippen LogP contribution is -2.35. The summed E-state index contributed by atoms with van der Waals surface area (Å²) in [4.78, 5) is 11.5. The molecule has 0 aliphatic carbocycles. The molecule has 0 radical (unpaired) electrons. The highest BCUT2D eigenvalue weighted by Crippen LogP contribution is 2.31. The molecule has 18 heavy (non-hydrogen) atoms. The number of benzene rings is 1. The number of hydrogen-bond donors (Lipinski definition) is 3. The van der Waals surface area contributed by atoms with Crippen LogP contribution in [0.2, 0.25) is 0 Å². The average molecular weight is 271 g/mol. The highest BCUT2D eigenvalue weighted by molar-refractivity contribution is 7.98. The zero-order valence-electron chi connectivity index (χ0n) is 10.5. The lowest BCUT2D eigenvalue weighted by atomic mass is 10.0. The normalized spacial score (nSPS) is 13.8. The Balaban J connectivity index is 2.92. The van der Waals surface area contributed by atoms with E-state index in [0.717, 1.165) is 4.90 Å². The smallest absolute Gasteiger partial charge is 0.404 e. The lowest BCUT2D eigenvalue weighted by molar-refractivity contribution is 0.127. The minimum atomic E-state index is -1.16. The highest BCUT2D eigenvalue weighted by atomic mass is 32.2. The Labute approximate surface area is 110 Å². The van der Waals surface area contributed by atoms with Crippen LogP contribution in [0.15, 0.2) is 23.1 Å². The van der Waals surface area contributed by atoms with Crippen molar-refractivity contribution in [1.82, 2.24) is 5.32 Å². The van der Waals surface area contributed by atoms with E-state index in [2.05, 4.69) is 5.32 Å². The first kappa shape index (κ1) is 14.7. The number of nitrogens with one attached hydrogen (secondary N) is 1. The van der Waals surface area contributed by atoms with Crippen molar-refractivity contribution in [2.75, 3.05) is 13.4 Å². The first-order valence-electron chi connectivity index (χ1n) is 5.39. The number of hydrogen-bond acceptors (Lipinski definition) is 4. The van der Waals surface area contributed by atoms with E-state index < -0.39 is 18.2 Å². The van der Waals surface area contributed by atoms with Crippen LogP contribution in [0.1, 0.15) is 18.6 Å². The van der Waals surface area contributed by atoms with Gasteiger partial charge in [0.2, 0.25) is 0 Å². The Morgan fingerprint density at radius 3 is 2.67 bits per heavy atom. The van der Waals surface area contributed by atoms with Crippen LogP contribution in [-0.4, -0.2) is 35.7 Å². The molecule has 6 heteroatoms. The van der Waals surface area contributed by atoms with Gasteiger partial charge in [-0.3, -0.25) is 0 Å². The van der Waals surface area contributed by atoms with Crippen molar-refractivity contribution in [3.05, 3.63) is 23.8 Å². The van der Waals surface area contributed by atoms with Crippen molar-refractivity contribution in [2.24, 2.45) is 0 Å². The van der Waals surface area contributed by atoms with E-state index in [1.807, 2.05) is 12.3 Å². The van der Waals surface area contributed by atoms with Gasteiger partial charge in [-0.05, 0) is 30.9 Å². The molecule has 1 unspecified atom stereocenters. The summed E-state index contributed by atoms with van der Waals surface area (Å²) >= 11 is 1.54. The Morgan fingerprint density at radius 1 is 1.50 bits per heavy atom. The maximum Gasteiger partial charge on any atom is 0.404 e. The molecule has 0 aromatic heterocycles. The van der Waals surface area contributed by atoms with Crippen molar-refractivity contribution >= 4 is 17.9 Å². The third-order valence-electron chi connectivity index (χ3n) is 2.57. The fraction of sp³-hybridized carbons (Fsp3) is 0.417. The van der Waals surface area contributed by atoms with Crippen LogP contribution in [0.5, 0.6) is 5.75 Å². The number of carboxylic acid groups (broad SMARTS) is 1. The molecule has 1 rings (SSSR count). The maximum atomic E-state index is 10.5. The zero-order valence-corrected chi connectivity index (χ0v) is 11.3. The third kappa shape index (κ3) is 3.54. The molecule has 5 nitrogen and oxygen atoms in total. The number of aliphatic hydroxyl groups excluding tert-OH is 1. The largest absolute Gasteiger partial charge is 0.496 e. The van der Waals surface area contributed by atoms with Crippen LogP contribution in [0.3, 0.4) is 0 Å². The van der Waals surface area contributed by atoms with E-state index in [9.17, 15) is 9.90 Å². The van der Waals surface area contributed by atoms with Crippen molar-refractivity contribution in [2.45, 2.75) is 24.0 Å². The van der Waals surface area contributed by atoms with Gasteiger partial charge < -0.3 is 20.3 Å². The van der Waals surface area contributed by atoms with Gasteiger partial charge >= 0.3 is 6.09 Å². The summed E-state index contributed by atoms with van der Waals surface area (Å²) in [6.07, 6.45) is -0.136. The van der Waals surface area contributed by atoms with Gasteiger partial charge in [0.15, 0.2) is 0 Å². The Bertz CT molecular complexity index is 425. The number of aliphatic hydroxyl groups is 1. The second-order valence-corrected chi connectivity index (χ2v) is 4.65. The van der Waals surface area contributed by atoms with Crippen molar-refractivity contribution in [3.8, 4) is 5.75 Å². The number of carbonyl (C=O) groups is 1. The molecule has 1 aromatic carbocycles. The number of methoxy groups -OCH3 is 1. The lowest BCUT2D eigenvalue weighted by Gasteiger charge is -2.20. The van der Waals surface area contributed by atoms with Gasteiger partial charge in [0.05, 0.1) is 19.3 Å². The Kier molecular flexibility index (Phi) is 5.30. The molecule has 0 heterocycles. The summed E-state index contributed by atoms with van der Waals surface area (Å²) in [5.74, 6) is 0.668. The van der Waals surface area contributed by atoms with Crippen LogP contribution in [0.25, 0.3) is 0 Å². The van der Waals surface area contributed by atoms with Gasteiger partial charge in [0.25, 0.3) is 0 Å². The molecule has 3 N–H and O–H groups in total. The van der Waals surface area contributed by atoms with Crippen molar-refractivity contribution in [1.29, 1.82) is 0 Å². The molecule has 2 atom stereocenters. The standard InChI is InChI=1S/C12H17NO4S/c1-7(13-12(15)16)11(14)8-4-5-10(18-3)9(6-8)17-2/h4-7,11,13-14H,1-3H3,(H,15,16)/t7?,11-/m0/s1.